The van der Waals surface area contributed by atoms with Crippen molar-refractivity contribution in [3.8, 4) is 11.5 Å². The van der Waals surface area contributed by atoms with Crippen molar-refractivity contribution in [1.82, 2.24) is 15.0 Å². The van der Waals surface area contributed by atoms with Crippen LogP contribution in [0.4, 0.5) is 44.7 Å². The molecular formula is C27H23FN8O20S6. The molecule has 0 unspecified atom stereocenters. The summed E-state index contributed by atoms with van der Waals surface area (Å²) in [5.74, 6) is -5.35. The minimum atomic E-state index is -5.42. The van der Waals surface area contributed by atoms with Crippen LogP contribution in [-0.2, 0) is 64.9 Å². The molecule has 0 aliphatic rings. The average molecular weight is 991 g/mol. The van der Waals surface area contributed by atoms with Crippen molar-refractivity contribution in [3.63, 3.8) is 0 Å². The summed E-state index contributed by atoms with van der Waals surface area (Å²) in [7, 11) is -30.8. The number of nitrogens with zero attached hydrogens (tertiary/aromatic N) is 5. The Hall–Kier alpha value is -5.86. The molecule has 0 atom stereocenters. The number of aromatic hydroxyl groups is 2. The Labute approximate surface area is 346 Å². The predicted molar refractivity (Wildman–Crippen MR) is 204 cm³/mol. The Kier molecular flexibility index (Phi) is 12.5. The molecule has 0 saturated carbocycles. The highest BCUT2D eigenvalue weighted by atomic mass is 32.3. The first-order valence-electron chi connectivity index (χ1n) is 15.5. The van der Waals surface area contributed by atoms with Gasteiger partial charge in [-0.2, -0.15) is 61.4 Å². The standard InChI is InChI=1S/C27H23FN8O20S6/c28-25-32-26(34-27(33-25)31-16-8-13(10-20(24(16)38)61(50,51)52)57(39,40)4-3-56-62(53,54)55)30-12-1-2-15(18(7-12)59(44,45)46)35-36-23-21-11(6-19(22(23)29)60(47,48)49)5-14(9-17(21)37)58(41,42)43/h1-2,5-10,37-38H,3-4,29H2,(H,41,42,43)(H,44,45,46)(H,47,48,49)(H,50,51,52)(H,53,54,55)(H2,30,31,32,33,34). The van der Waals surface area contributed by atoms with E-state index in [9.17, 15) is 83.3 Å². The molecule has 0 bridgehead atoms. The number of fused-ring (bicyclic) bond motifs is 1. The van der Waals surface area contributed by atoms with Crippen molar-refractivity contribution in [2.24, 2.45) is 10.2 Å². The second kappa shape index (κ2) is 16.4. The fourth-order valence-electron chi connectivity index (χ4n) is 5.05. The van der Waals surface area contributed by atoms with Crippen LogP contribution >= 0.6 is 0 Å². The summed E-state index contributed by atoms with van der Waals surface area (Å²) >= 11 is 0. The molecule has 62 heavy (non-hydrogen) atoms. The number of nitrogens with one attached hydrogen (secondary N) is 2. The molecule has 0 aliphatic carbocycles. The summed E-state index contributed by atoms with van der Waals surface area (Å²) in [5.41, 5.74) is 2.07. The van der Waals surface area contributed by atoms with Gasteiger partial charge >= 0.3 is 16.5 Å². The molecule has 4 aromatic carbocycles. The van der Waals surface area contributed by atoms with Gasteiger partial charge in [0.15, 0.2) is 15.6 Å². The van der Waals surface area contributed by atoms with Crippen LogP contribution in [-0.4, -0.2) is 111 Å². The van der Waals surface area contributed by atoms with Crippen LogP contribution in [0.5, 0.6) is 11.5 Å². The van der Waals surface area contributed by atoms with E-state index in [4.69, 9.17) is 10.3 Å². The fraction of sp³-hybridized carbons (Fsp3) is 0.0741. The third kappa shape index (κ3) is 11.0. The number of azo groups is 1. The summed E-state index contributed by atoms with van der Waals surface area (Å²) in [6.45, 7) is -1.19. The highest BCUT2D eigenvalue weighted by Gasteiger charge is 2.28. The minimum absolute atomic E-state index is 0.259. The lowest BCUT2D eigenvalue weighted by atomic mass is 10.1. The number of nitrogen functional groups attached to an aromatic ring is 1. The number of aromatic nitrogens is 3. The lowest BCUT2D eigenvalue weighted by Gasteiger charge is -2.14. The lowest BCUT2D eigenvalue weighted by Crippen LogP contribution is -2.16. The van der Waals surface area contributed by atoms with Crippen molar-refractivity contribution in [1.29, 1.82) is 0 Å². The number of hydrogen-bond acceptors (Lipinski definition) is 23. The van der Waals surface area contributed by atoms with E-state index in [1.807, 2.05) is 0 Å². The van der Waals surface area contributed by atoms with Crippen molar-refractivity contribution in [3.05, 3.63) is 54.6 Å². The Balaban J connectivity index is 1.54. The van der Waals surface area contributed by atoms with Crippen molar-refractivity contribution < 1.29 is 92.1 Å². The number of sulfone groups is 1. The summed E-state index contributed by atoms with van der Waals surface area (Å²) in [4.78, 5) is 4.69. The Morgan fingerprint density at radius 2 is 1.26 bits per heavy atom. The van der Waals surface area contributed by atoms with Crippen LogP contribution in [0.1, 0.15) is 0 Å². The maximum absolute atomic E-state index is 14.6. The molecule has 1 heterocycles. The first-order chi connectivity index (χ1) is 28.2. The second-order valence-corrected chi connectivity index (χ2v) is 20.6. The number of rotatable bonds is 15. The molecule has 5 aromatic rings. The van der Waals surface area contributed by atoms with Crippen LogP contribution in [0.2, 0.25) is 0 Å². The molecule has 334 valence electrons. The first-order valence-corrected chi connectivity index (χ1v) is 24.2. The number of benzene rings is 4. The van der Waals surface area contributed by atoms with Crippen molar-refractivity contribution in [2.75, 3.05) is 28.7 Å². The number of halogens is 1. The van der Waals surface area contributed by atoms with E-state index in [0.717, 1.165) is 12.1 Å². The molecule has 0 radical (unpaired) electrons. The van der Waals surface area contributed by atoms with Gasteiger partial charge in [-0.05, 0) is 47.9 Å². The van der Waals surface area contributed by atoms with Gasteiger partial charge in [0.2, 0.25) is 11.9 Å². The predicted octanol–water partition coefficient (Wildman–Crippen LogP) is 1.64. The lowest BCUT2D eigenvalue weighted by molar-refractivity contribution is 0.284. The van der Waals surface area contributed by atoms with Gasteiger partial charge in [-0.3, -0.25) is 22.8 Å². The fourth-order valence-corrected chi connectivity index (χ4v) is 9.12. The number of anilines is 5. The Bertz CT molecular complexity index is 3430. The largest absolute Gasteiger partial charge is 0.507 e. The van der Waals surface area contributed by atoms with Gasteiger partial charge in [0.05, 0.1) is 38.9 Å². The van der Waals surface area contributed by atoms with E-state index in [0.29, 0.717) is 30.3 Å². The monoisotopic (exact) mass is 990 g/mol. The summed E-state index contributed by atoms with van der Waals surface area (Å²) in [6.07, 6.45) is -1.64. The average Bonchev–Trinajstić information content (AvgIpc) is 3.09. The van der Waals surface area contributed by atoms with Gasteiger partial charge in [-0.15, -0.1) is 10.2 Å². The van der Waals surface area contributed by atoms with Crippen molar-refractivity contribution in [2.45, 2.75) is 24.5 Å². The zero-order valence-electron chi connectivity index (χ0n) is 29.6. The van der Waals surface area contributed by atoms with Gasteiger partial charge in [-0.1, -0.05) is 0 Å². The van der Waals surface area contributed by atoms with E-state index in [2.05, 4.69) is 40.0 Å². The molecule has 0 spiro atoms. The Morgan fingerprint density at radius 1 is 0.661 bits per heavy atom. The zero-order valence-corrected chi connectivity index (χ0v) is 34.5. The van der Waals surface area contributed by atoms with E-state index in [1.165, 1.54) is 0 Å². The maximum Gasteiger partial charge on any atom is 0.397 e. The van der Waals surface area contributed by atoms with E-state index in [1.54, 1.807) is 0 Å². The molecule has 1 aromatic heterocycles. The van der Waals surface area contributed by atoms with Crippen LogP contribution in [0, 0.1) is 6.08 Å². The highest BCUT2D eigenvalue weighted by Crippen LogP contribution is 2.44. The van der Waals surface area contributed by atoms with Crippen LogP contribution in [0.15, 0.2) is 83.2 Å². The second-order valence-electron chi connectivity index (χ2n) is 11.8. The Morgan fingerprint density at radius 3 is 1.82 bits per heavy atom. The zero-order chi connectivity index (χ0) is 46.5. The van der Waals surface area contributed by atoms with Crippen LogP contribution in [0.25, 0.3) is 10.8 Å². The van der Waals surface area contributed by atoms with Gasteiger partial charge in [0.1, 0.15) is 31.8 Å². The number of nitrogens with two attached hydrogens (primary N) is 1. The third-order valence-electron chi connectivity index (χ3n) is 7.62. The van der Waals surface area contributed by atoms with E-state index < -0.39 is 166 Å². The summed E-state index contributed by atoms with van der Waals surface area (Å²) in [5, 5.41) is 31.8. The molecule has 28 nitrogen and oxygen atoms in total. The molecule has 5 rings (SSSR count). The van der Waals surface area contributed by atoms with Gasteiger partial charge in [-0.25, -0.2) is 12.6 Å². The molecule has 0 saturated heterocycles. The van der Waals surface area contributed by atoms with E-state index >= 15 is 0 Å². The van der Waals surface area contributed by atoms with Crippen molar-refractivity contribution >= 4 is 112 Å². The first kappa shape index (κ1) is 47.2. The van der Waals surface area contributed by atoms with Gasteiger partial charge in [0, 0.05) is 11.8 Å². The van der Waals surface area contributed by atoms with Gasteiger partial charge in [0.25, 0.3) is 40.5 Å². The van der Waals surface area contributed by atoms with E-state index in [-0.39, 0.29) is 6.07 Å². The molecule has 0 aliphatic heterocycles. The number of hydrogen-bond donors (Lipinski definition) is 10. The quantitative estimate of drug-likeness (QED) is 0.0308. The molecule has 0 amide bonds. The highest BCUT2D eigenvalue weighted by molar-refractivity contribution is 7.91. The molecular weight excluding hydrogens is 968 g/mol. The smallest absolute Gasteiger partial charge is 0.397 e. The van der Waals surface area contributed by atoms with Crippen LogP contribution < -0.4 is 16.4 Å². The van der Waals surface area contributed by atoms with Gasteiger partial charge < -0.3 is 26.6 Å². The molecule has 0 fully saturated rings. The minimum Gasteiger partial charge on any atom is -0.507 e. The number of phenols is 2. The van der Waals surface area contributed by atoms with Crippen LogP contribution in [0.3, 0.4) is 0 Å². The normalized spacial score (nSPS) is 13.1. The number of phenolic OH excluding ortho intramolecular Hbond substituents is 2. The maximum atomic E-state index is 14.6. The topological polar surface area (TPSA) is 469 Å². The molecule has 11 N–H and O–H groups in total. The summed E-state index contributed by atoms with van der Waals surface area (Å²) < 4.78 is 210. The summed E-state index contributed by atoms with van der Waals surface area (Å²) in [6, 6.07) is 4.95. The third-order valence-corrected chi connectivity index (χ3v) is 13.2. The molecule has 35 heteroatoms. The SMILES string of the molecule is Nc1c(S(=O)(=O)O)cc2cc(S(=O)(=O)O)cc(O)c2c1N=Nc1ccc(Nc2nc(F)nc(Nc3cc(S(=O)(=O)CCOS(=O)(=O)O)cc(S(=O)(=O)O)c3O)n2)cc1S(=O)(=O)O.